The van der Waals surface area contributed by atoms with Crippen LogP contribution in [-0.2, 0) is 18.4 Å². The number of hydrogen-bond acceptors (Lipinski definition) is 4. The zero-order valence-corrected chi connectivity index (χ0v) is 14.5. The van der Waals surface area contributed by atoms with E-state index in [2.05, 4.69) is 41.5 Å². The first kappa shape index (κ1) is 18.2. The fraction of sp³-hybridized carbons (Fsp3) is 0.857. The highest BCUT2D eigenvalue weighted by atomic mass is 28.4. The molecule has 4 nitrogen and oxygen atoms in total. The highest BCUT2D eigenvalue weighted by molar-refractivity contribution is 6.70. The van der Waals surface area contributed by atoms with E-state index in [1.165, 1.54) is 13.8 Å². The van der Waals surface area contributed by atoms with Gasteiger partial charge in [-0.15, -0.1) is 0 Å². The van der Waals surface area contributed by atoms with Crippen molar-refractivity contribution in [1.82, 2.24) is 0 Å². The molecule has 5 heteroatoms. The van der Waals surface area contributed by atoms with Crippen molar-refractivity contribution in [2.45, 2.75) is 67.5 Å². The number of carbonyl (C=O) groups is 2. The third kappa shape index (κ3) is 8.81. The molecule has 0 aliphatic heterocycles. The summed E-state index contributed by atoms with van der Waals surface area (Å²) in [6.45, 7) is 15.1. The van der Waals surface area contributed by atoms with Gasteiger partial charge in [-0.25, -0.2) is 0 Å². The van der Waals surface area contributed by atoms with E-state index >= 15 is 0 Å². The van der Waals surface area contributed by atoms with Crippen molar-refractivity contribution in [2.24, 2.45) is 10.8 Å². The Balaban J connectivity index is 5.43. The normalized spacial score (nSPS) is 13.1. The number of carbonyl (C=O) groups excluding carboxylic acids is 2. The minimum atomic E-state index is -2.89. The molecule has 0 atom stereocenters. The highest BCUT2D eigenvalue weighted by Gasteiger charge is 2.49. The standard InChI is InChI=1S/C14H28O4Si/c1-11(15)17-19(18-12(2)16,9-13(3,4)5)10-14(6,7)8/h9-10H2,1-8H3. The molecular formula is C14H28O4Si. The summed E-state index contributed by atoms with van der Waals surface area (Å²) in [6.07, 6.45) is 0. The van der Waals surface area contributed by atoms with Crippen LogP contribution in [0.2, 0.25) is 12.1 Å². The van der Waals surface area contributed by atoms with Gasteiger partial charge in [0.1, 0.15) is 0 Å². The lowest BCUT2D eigenvalue weighted by atomic mass is 10.00. The predicted octanol–water partition coefficient (Wildman–Crippen LogP) is 3.65. The maximum Gasteiger partial charge on any atom is 0.465 e. The Labute approximate surface area is 118 Å². The van der Waals surface area contributed by atoms with Gasteiger partial charge in [0.05, 0.1) is 0 Å². The molecule has 0 heterocycles. The summed E-state index contributed by atoms with van der Waals surface area (Å²) in [5, 5.41) is 0. The molecule has 0 aromatic heterocycles. The summed E-state index contributed by atoms with van der Waals surface area (Å²) in [5.74, 6) is -0.747. The van der Waals surface area contributed by atoms with Crippen LogP contribution >= 0.6 is 0 Å². The van der Waals surface area contributed by atoms with Crippen molar-refractivity contribution in [3.05, 3.63) is 0 Å². The number of rotatable bonds is 4. The van der Waals surface area contributed by atoms with Gasteiger partial charge in [0, 0.05) is 25.9 Å². The van der Waals surface area contributed by atoms with Crippen molar-refractivity contribution in [3.8, 4) is 0 Å². The molecule has 19 heavy (non-hydrogen) atoms. The second-order valence-corrected chi connectivity index (χ2v) is 10.5. The Morgan fingerprint density at radius 1 is 0.789 bits per heavy atom. The number of hydrogen-bond donors (Lipinski definition) is 0. The molecule has 112 valence electrons. The summed E-state index contributed by atoms with van der Waals surface area (Å²) in [6, 6.07) is 1.22. The SMILES string of the molecule is CC(=O)O[Si](CC(C)(C)C)(CC(C)(C)C)OC(C)=O. The molecule has 0 saturated heterocycles. The van der Waals surface area contributed by atoms with Gasteiger partial charge in [0.25, 0.3) is 11.9 Å². The molecule has 0 amide bonds. The third-order valence-electron chi connectivity index (χ3n) is 2.26. The van der Waals surface area contributed by atoms with E-state index in [1.807, 2.05) is 0 Å². The molecule has 0 fully saturated rings. The average molecular weight is 288 g/mol. The molecule has 0 bridgehead atoms. The monoisotopic (exact) mass is 288 g/mol. The van der Waals surface area contributed by atoms with Gasteiger partial charge < -0.3 is 8.85 Å². The molecule has 0 aliphatic carbocycles. The van der Waals surface area contributed by atoms with E-state index in [-0.39, 0.29) is 22.8 Å². The maximum absolute atomic E-state index is 11.4. The van der Waals surface area contributed by atoms with E-state index in [0.717, 1.165) is 0 Å². The Kier molecular flexibility index (Phi) is 5.80. The predicted molar refractivity (Wildman–Crippen MR) is 77.8 cm³/mol. The molecular weight excluding hydrogens is 260 g/mol. The largest absolute Gasteiger partial charge is 0.485 e. The topological polar surface area (TPSA) is 52.6 Å². The summed E-state index contributed by atoms with van der Waals surface area (Å²) in [7, 11) is -2.89. The van der Waals surface area contributed by atoms with Gasteiger partial charge in [-0.1, -0.05) is 41.5 Å². The first-order chi connectivity index (χ1) is 8.25. The zero-order chi connectivity index (χ0) is 15.5. The van der Waals surface area contributed by atoms with Crippen molar-refractivity contribution in [2.75, 3.05) is 0 Å². The summed E-state index contributed by atoms with van der Waals surface area (Å²) in [4.78, 5) is 22.9. The van der Waals surface area contributed by atoms with Crippen LogP contribution in [0.1, 0.15) is 55.4 Å². The van der Waals surface area contributed by atoms with Crippen molar-refractivity contribution >= 4 is 20.5 Å². The fourth-order valence-corrected chi connectivity index (χ4v) is 7.10. The molecule has 0 radical (unpaired) electrons. The zero-order valence-electron chi connectivity index (χ0n) is 13.5. The van der Waals surface area contributed by atoms with Crippen molar-refractivity contribution in [1.29, 1.82) is 0 Å². The first-order valence-corrected chi connectivity index (χ1v) is 8.87. The molecule has 0 spiro atoms. The molecule has 0 aliphatic rings. The van der Waals surface area contributed by atoms with E-state index in [9.17, 15) is 9.59 Å². The van der Waals surface area contributed by atoms with Crippen LogP contribution < -0.4 is 0 Å². The van der Waals surface area contributed by atoms with Gasteiger partial charge in [0.2, 0.25) is 0 Å². The minimum Gasteiger partial charge on any atom is -0.485 e. The first-order valence-electron chi connectivity index (χ1n) is 6.64. The van der Waals surface area contributed by atoms with Crippen molar-refractivity contribution < 1.29 is 18.4 Å². The Bertz CT molecular complexity index is 302. The molecule has 0 unspecified atom stereocenters. The molecule has 0 aromatic carbocycles. The Morgan fingerprint density at radius 3 is 1.21 bits per heavy atom. The van der Waals surface area contributed by atoms with Gasteiger partial charge in [0.15, 0.2) is 0 Å². The van der Waals surface area contributed by atoms with Gasteiger partial charge in [-0.05, 0) is 10.8 Å². The van der Waals surface area contributed by atoms with Gasteiger partial charge in [-0.3, -0.25) is 9.59 Å². The highest BCUT2D eigenvalue weighted by Crippen LogP contribution is 2.38. The van der Waals surface area contributed by atoms with Crippen LogP contribution in [0.5, 0.6) is 0 Å². The lowest BCUT2D eigenvalue weighted by molar-refractivity contribution is -0.139. The summed E-state index contributed by atoms with van der Waals surface area (Å²) in [5.41, 5.74) is -0.134. The third-order valence-corrected chi connectivity index (χ3v) is 6.78. The van der Waals surface area contributed by atoms with Crippen LogP contribution in [0.25, 0.3) is 0 Å². The average Bonchev–Trinajstić information content (AvgIpc) is 1.89. The van der Waals surface area contributed by atoms with Gasteiger partial charge >= 0.3 is 8.56 Å². The van der Waals surface area contributed by atoms with E-state index < -0.39 is 8.56 Å². The van der Waals surface area contributed by atoms with E-state index in [0.29, 0.717) is 12.1 Å². The Hall–Kier alpha value is -0.843. The van der Waals surface area contributed by atoms with Crippen LogP contribution in [0.3, 0.4) is 0 Å². The molecule has 0 rings (SSSR count). The minimum absolute atomic E-state index is 0.0671. The molecule has 0 aromatic rings. The van der Waals surface area contributed by atoms with Crippen LogP contribution in [0.4, 0.5) is 0 Å². The fourth-order valence-electron chi connectivity index (χ4n) is 2.37. The van der Waals surface area contributed by atoms with Crippen LogP contribution in [-0.4, -0.2) is 20.5 Å². The smallest absolute Gasteiger partial charge is 0.465 e. The second-order valence-electron chi connectivity index (χ2n) is 7.57. The Morgan fingerprint density at radius 2 is 1.05 bits per heavy atom. The summed E-state index contributed by atoms with van der Waals surface area (Å²) >= 11 is 0. The van der Waals surface area contributed by atoms with Crippen LogP contribution in [0, 0.1) is 10.8 Å². The van der Waals surface area contributed by atoms with E-state index in [4.69, 9.17) is 8.85 Å². The lowest BCUT2D eigenvalue weighted by Gasteiger charge is -2.37. The van der Waals surface area contributed by atoms with Crippen molar-refractivity contribution in [3.63, 3.8) is 0 Å². The van der Waals surface area contributed by atoms with Crippen LogP contribution in [0.15, 0.2) is 0 Å². The maximum atomic E-state index is 11.4. The van der Waals surface area contributed by atoms with Gasteiger partial charge in [-0.2, -0.15) is 0 Å². The quantitative estimate of drug-likeness (QED) is 0.741. The lowest BCUT2D eigenvalue weighted by Crippen LogP contribution is -2.49. The second kappa shape index (κ2) is 6.07. The van der Waals surface area contributed by atoms with E-state index in [1.54, 1.807) is 0 Å². The molecule has 0 N–H and O–H groups in total. The summed E-state index contributed by atoms with van der Waals surface area (Å²) < 4.78 is 11.1. The molecule has 0 saturated carbocycles.